The van der Waals surface area contributed by atoms with Crippen LogP contribution in [0.2, 0.25) is 0 Å². The van der Waals surface area contributed by atoms with Crippen molar-refractivity contribution in [1.29, 1.82) is 0 Å². The van der Waals surface area contributed by atoms with E-state index in [4.69, 9.17) is 9.47 Å². The van der Waals surface area contributed by atoms with Crippen LogP contribution >= 0.6 is 0 Å². The van der Waals surface area contributed by atoms with E-state index in [0.717, 1.165) is 6.42 Å². The molecule has 0 amide bonds. The van der Waals surface area contributed by atoms with Gasteiger partial charge in [0, 0.05) is 0 Å². The molecule has 0 saturated carbocycles. The molecule has 1 aliphatic rings. The molecule has 2 aromatic carbocycles. The van der Waals surface area contributed by atoms with Crippen LogP contribution in [0.1, 0.15) is 67.6 Å². The first-order valence-electron chi connectivity index (χ1n) is 9.71. The van der Waals surface area contributed by atoms with Crippen LogP contribution in [0.3, 0.4) is 0 Å². The summed E-state index contributed by atoms with van der Waals surface area (Å²) >= 11 is 0. The summed E-state index contributed by atoms with van der Waals surface area (Å²) in [6, 6.07) is 17.6. The summed E-state index contributed by atoms with van der Waals surface area (Å²) in [7, 11) is 0. The Morgan fingerprint density at radius 2 is 1.24 bits per heavy atom. The number of aryl methyl sites for hydroxylation is 2. The lowest BCUT2D eigenvalue weighted by Gasteiger charge is -2.30. The standard InChI is InChI=1S/C23H30O2/c1-3-5-6-7-19-10-14-21(15-11-19)23-17-24-22(16-25-23)20-12-8-18(4-2)9-13-20/h8-15,22-23H,3-7,16-17H2,1-2H3/t22-,23+/m1/s1. The molecule has 0 unspecified atom stereocenters. The van der Waals surface area contributed by atoms with E-state index in [1.165, 1.54) is 47.9 Å². The van der Waals surface area contributed by atoms with Gasteiger partial charge < -0.3 is 9.47 Å². The Kier molecular flexibility index (Phi) is 6.66. The summed E-state index contributed by atoms with van der Waals surface area (Å²) in [4.78, 5) is 0. The van der Waals surface area contributed by atoms with Crippen molar-refractivity contribution in [3.05, 3.63) is 70.8 Å². The van der Waals surface area contributed by atoms with Gasteiger partial charge in [-0.2, -0.15) is 0 Å². The second-order valence-corrected chi connectivity index (χ2v) is 6.94. The minimum absolute atomic E-state index is 0.0514. The lowest BCUT2D eigenvalue weighted by atomic mass is 10.0. The van der Waals surface area contributed by atoms with Gasteiger partial charge in [-0.05, 0) is 41.5 Å². The van der Waals surface area contributed by atoms with Crippen molar-refractivity contribution < 1.29 is 9.47 Å². The maximum atomic E-state index is 6.10. The molecule has 1 fully saturated rings. The third-order valence-electron chi connectivity index (χ3n) is 5.08. The molecule has 0 bridgehead atoms. The predicted octanol–water partition coefficient (Wildman–Crippen LogP) is 5.81. The summed E-state index contributed by atoms with van der Waals surface area (Å²) in [5.74, 6) is 0. The Balaban J connectivity index is 1.52. The normalized spacial score (nSPS) is 20.6. The van der Waals surface area contributed by atoms with Crippen LogP contribution < -0.4 is 0 Å². The summed E-state index contributed by atoms with van der Waals surface area (Å²) in [6.45, 7) is 5.66. The van der Waals surface area contributed by atoms with Crippen LogP contribution in [0.5, 0.6) is 0 Å². The molecule has 1 heterocycles. The van der Waals surface area contributed by atoms with Crippen molar-refractivity contribution in [3.63, 3.8) is 0 Å². The Labute approximate surface area is 152 Å². The number of hydrogen-bond acceptors (Lipinski definition) is 2. The van der Waals surface area contributed by atoms with E-state index in [1.807, 2.05) is 0 Å². The highest BCUT2D eigenvalue weighted by atomic mass is 16.6. The number of rotatable bonds is 7. The van der Waals surface area contributed by atoms with E-state index < -0.39 is 0 Å². The van der Waals surface area contributed by atoms with E-state index in [1.54, 1.807) is 0 Å². The molecule has 2 heteroatoms. The van der Waals surface area contributed by atoms with E-state index in [-0.39, 0.29) is 12.2 Å². The smallest absolute Gasteiger partial charge is 0.106 e. The lowest BCUT2D eigenvalue weighted by molar-refractivity contribution is -0.137. The van der Waals surface area contributed by atoms with Crippen molar-refractivity contribution >= 4 is 0 Å². The molecule has 1 saturated heterocycles. The monoisotopic (exact) mass is 338 g/mol. The van der Waals surface area contributed by atoms with Crippen molar-refractivity contribution in [2.45, 2.75) is 58.2 Å². The van der Waals surface area contributed by atoms with Crippen molar-refractivity contribution in [3.8, 4) is 0 Å². The molecule has 2 nitrogen and oxygen atoms in total. The van der Waals surface area contributed by atoms with Gasteiger partial charge in [0.25, 0.3) is 0 Å². The molecule has 2 atom stereocenters. The first kappa shape index (κ1) is 18.2. The van der Waals surface area contributed by atoms with Crippen molar-refractivity contribution in [1.82, 2.24) is 0 Å². The van der Waals surface area contributed by atoms with Gasteiger partial charge in [0.15, 0.2) is 0 Å². The largest absolute Gasteiger partial charge is 0.368 e. The van der Waals surface area contributed by atoms with Gasteiger partial charge in [0.1, 0.15) is 12.2 Å². The number of ether oxygens (including phenoxy) is 2. The first-order chi connectivity index (χ1) is 12.3. The van der Waals surface area contributed by atoms with Gasteiger partial charge >= 0.3 is 0 Å². The highest BCUT2D eigenvalue weighted by molar-refractivity contribution is 5.26. The lowest BCUT2D eigenvalue weighted by Crippen LogP contribution is -2.25. The van der Waals surface area contributed by atoms with Crippen LogP contribution in [0.15, 0.2) is 48.5 Å². The van der Waals surface area contributed by atoms with Crippen molar-refractivity contribution in [2.75, 3.05) is 13.2 Å². The summed E-state index contributed by atoms with van der Waals surface area (Å²) < 4.78 is 12.2. The van der Waals surface area contributed by atoms with Crippen molar-refractivity contribution in [2.24, 2.45) is 0 Å². The maximum absolute atomic E-state index is 6.10. The molecule has 134 valence electrons. The Morgan fingerprint density at radius 1 is 0.720 bits per heavy atom. The fourth-order valence-corrected chi connectivity index (χ4v) is 3.33. The van der Waals surface area contributed by atoms with Crippen LogP contribution in [-0.2, 0) is 22.3 Å². The Hall–Kier alpha value is -1.64. The Morgan fingerprint density at radius 3 is 1.68 bits per heavy atom. The van der Waals surface area contributed by atoms with Gasteiger partial charge in [-0.25, -0.2) is 0 Å². The Bertz CT molecular complexity index is 622. The minimum atomic E-state index is 0.0514. The topological polar surface area (TPSA) is 18.5 Å². The molecule has 3 rings (SSSR count). The zero-order valence-electron chi connectivity index (χ0n) is 15.5. The molecular formula is C23H30O2. The highest BCUT2D eigenvalue weighted by Gasteiger charge is 2.24. The fraction of sp³-hybridized carbons (Fsp3) is 0.478. The molecule has 0 aliphatic carbocycles. The first-order valence-corrected chi connectivity index (χ1v) is 9.71. The minimum Gasteiger partial charge on any atom is -0.368 e. The predicted molar refractivity (Wildman–Crippen MR) is 103 cm³/mol. The molecule has 2 aromatic rings. The van der Waals surface area contributed by atoms with E-state index in [0.29, 0.717) is 13.2 Å². The second kappa shape index (κ2) is 9.17. The van der Waals surface area contributed by atoms with Gasteiger partial charge in [0.2, 0.25) is 0 Å². The third-order valence-corrected chi connectivity index (χ3v) is 5.08. The number of benzene rings is 2. The van der Waals surface area contributed by atoms with E-state index in [2.05, 4.69) is 62.4 Å². The molecular weight excluding hydrogens is 308 g/mol. The summed E-state index contributed by atoms with van der Waals surface area (Å²) in [5.41, 5.74) is 5.21. The SMILES string of the molecule is CCCCCc1ccc([C@@H]2CO[C@@H](c3ccc(CC)cc3)CO2)cc1. The zero-order valence-corrected chi connectivity index (χ0v) is 15.5. The average Bonchev–Trinajstić information content (AvgIpc) is 2.69. The van der Waals surface area contributed by atoms with Gasteiger partial charge in [-0.3, -0.25) is 0 Å². The van der Waals surface area contributed by atoms with Crippen LogP contribution in [0.25, 0.3) is 0 Å². The second-order valence-electron chi connectivity index (χ2n) is 6.94. The molecule has 1 aliphatic heterocycles. The maximum Gasteiger partial charge on any atom is 0.106 e. The number of hydrogen-bond donors (Lipinski definition) is 0. The third kappa shape index (κ3) is 4.93. The van der Waals surface area contributed by atoms with E-state index >= 15 is 0 Å². The molecule has 0 radical (unpaired) electrons. The summed E-state index contributed by atoms with van der Waals surface area (Å²) in [5, 5.41) is 0. The fourth-order valence-electron chi connectivity index (χ4n) is 3.33. The molecule has 25 heavy (non-hydrogen) atoms. The van der Waals surface area contributed by atoms with Gasteiger partial charge in [-0.15, -0.1) is 0 Å². The van der Waals surface area contributed by atoms with Gasteiger partial charge in [0.05, 0.1) is 13.2 Å². The highest BCUT2D eigenvalue weighted by Crippen LogP contribution is 2.30. The quantitative estimate of drug-likeness (QED) is 0.593. The number of unbranched alkanes of at least 4 members (excludes halogenated alkanes) is 2. The zero-order chi connectivity index (χ0) is 17.5. The molecule has 0 N–H and O–H groups in total. The van der Waals surface area contributed by atoms with Crippen LogP contribution in [0.4, 0.5) is 0 Å². The van der Waals surface area contributed by atoms with E-state index in [9.17, 15) is 0 Å². The van der Waals surface area contributed by atoms with Crippen LogP contribution in [-0.4, -0.2) is 13.2 Å². The molecule has 0 spiro atoms. The van der Waals surface area contributed by atoms with Gasteiger partial charge in [-0.1, -0.05) is 75.2 Å². The average molecular weight is 338 g/mol. The van der Waals surface area contributed by atoms with Crippen LogP contribution in [0, 0.1) is 0 Å². The molecule has 0 aromatic heterocycles. The summed E-state index contributed by atoms with van der Waals surface area (Å²) in [6.07, 6.45) is 6.20.